The third-order valence-corrected chi connectivity index (χ3v) is 6.84. The van der Waals surface area contributed by atoms with E-state index < -0.39 is 0 Å². The van der Waals surface area contributed by atoms with Crippen molar-refractivity contribution in [2.45, 2.75) is 38.5 Å². The average molecular weight is 416 g/mol. The minimum Gasteiger partial charge on any atom is -0.396 e. The number of likely N-dealkylation sites (tertiary alicyclic amines) is 1. The first-order valence-corrected chi connectivity index (χ1v) is 11.1. The largest absolute Gasteiger partial charge is 0.396 e. The van der Waals surface area contributed by atoms with Gasteiger partial charge in [-0.15, -0.1) is 0 Å². The van der Waals surface area contributed by atoms with Crippen LogP contribution >= 0.6 is 0 Å². The smallest absolute Gasteiger partial charge is 0.248 e. The summed E-state index contributed by atoms with van der Waals surface area (Å²) in [5.74, 6) is -0.584. The lowest BCUT2D eigenvalue weighted by Crippen LogP contribution is -2.49. The highest BCUT2D eigenvalue weighted by Gasteiger charge is 2.40. The average Bonchev–Trinajstić information content (AvgIpc) is 2.78. The highest BCUT2D eigenvalue weighted by molar-refractivity contribution is 5.98. The van der Waals surface area contributed by atoms with Crippen molar-refractivity contribution < 1.29 is 19.1 Å². The van der Waals surface area contributed by atoms with Gasteiger partial charge in [-0.3, -0.25) is 9.59 Å². The molecule has 0 spiro atoms. The number of piperidine rings is 1. The Morgan fingerprint density at radius 1 is 1.10 bits per heavy atom. The van der Waals surface area contributed by atoms with E-state index in [1.54, 1.807) is 17.1 Å². The number of carbonyl (C=O) groups is 2. The molecule has 1 saturated heterocycles. The van der Waals surface area contributed by atoms with Crippen LogP contribution in [0.15, 0.2) is 29.4 Å². The van der Waals surface area contributed by atoms with Crippen LogP contribution in [-0.2, 0) is 4.79 Å². The van der Waals surface area contributed by atoms with Gasteiger partial charge in [-0.05, 0) is 69.5 Å². The van der Waals surface area contributed by atoms with Gasteiger partial charge in [0.15, 0.2) is 5.78 Å². The minimum absolute atomic E-state index is 0.0367. The maximum atomic E-state index is 13.1. The number of hydrazone groups is 1. The number of hydrogen-bond acceptors (Lipinski definition) is 5. The van der Waals surface area contributed by atoms with Gasteiger partial charge in [-0.2, -0.15) is 5.10 Å². The lowest BCUT2D eigenvalue weighted by Gasteiger charge is -2.38. The number of aliphatic hydroxyl groups is 1. The first-order chi connectivity index (χ1) is 14.6. The van der Waals surface area contributed by atoms with E-state index in [0.29, 0.717) is 18.7 Å². The molecule has 2 heterocycles. The van der Waals surface area contributed by atoms with E-state index in [0.717, 1.165) is 57.3 Å². The van der Waals surface area contributed by atoms with Crippen LogP contribution in [0.5, 0.6) is 0 Å². The zero-order valence-corrected chi connectivity index (χ0v) is 17.3. The summed E-state index contributed by atoms with van der Waals surface area (Å²) < 4.78 is 13.1. The molecule has 4 rings (SSSR count). The summed E-state index contributed by atoms with van der Waals surface area (Å²) in [6.07, 6.45) is 5.59. The molecule has 0 bridgehead atoms. The number of carbonyl (C=O) groups excluding carboxylic acids is 2. The van der Waals surface area contributed by atoms with Crippen molar-refractivity contribution >= 4 is 17.4 Å². The van der Waals surface area contributed by atoms with Crippen molar-refractivity contribution in [1.29, 1.82) is 0 Å². The first-order valence-electron chi connectivity index (χ1n) is 11.1. The third kappa shape index (κ3) is 4.47. The Morgan fingerprint density at radius 2 is 1.83 bits per heavy atom. The summed E-state index contributed by atoms with van der Waals surface area (Å²) in [6, 6.07) is 5.77. The van der Waals surface area contributed by atoms with Gasteiger partial charge in [-0.25, -0.2) is 9.40 Å². The van der Waals surface area contributed by atoms with Crippen molar-refractivity contribution in [3.05, 3.63) is 35.6 Å². The monoisotopic (exact) mass is 415 g/mol. The molecule has 30 heavy (non-hydrogen) atoms. The molecule has 1 aromatic rings. The molecule has 6 nitrogen and oxygen atoms in total. The van der Waals surface area contributed by atoms with Gasteiger partial charge in [0.2, 0.25) is 5.91 Å². The van der Waals surface area contributed by atoms with Crippen molar-refractivity contribution in [2.24, 2.45) is 22.9 Å². The molecule has 2 fully saturated rings. The van der Waals surface area contributed by atoms with Gasteiger partial charge < -0.3 is 10.0 Å². The number of Topliss-reactive ketones (excluding diaryl/α,β-unsaturated/α-hetero) is 1. The number of fused-ring (bicyclic) bond motifs is 1. The number of halogens is 1. The summed E-state index contributed by atoms with van der Waals surface area (Å²) in [6.45, 7) is 2.70. The van der Waals surface area contributed by atoms with Crippen LogP contribution in [0.4, 0.5) is 4.39 Å². The number of aliphatic hydroxyl groups excluding tert-OH is 1. The maximum Gasteiger partial charge on any atom is 0.248 e. The topological polar surface area (TPSA) is 73.2 Å². The second-order valence-electron chi connectivity index (χ2n) is 8.68. The lowest BCUT2D eigenvalue weighted by atomic mass is 9.77. The summed E-state index contributed by atoms with van der Waals surface area (Å²) in [4.78, 5) is 27.7. The van der Waals surface area contributed by atoms with Gasteiger partial charge in [-0.1, -0.05) is 6.42 Å². The Labute approximate surface area is 176 Å². The molecule has 0 radical (unpaired) electrons. The fourth-order valence-corrected chi connectivity index (χ4v) is 5.02. The Bertz CT molecular complexity index is 802. The van der Waals surface area contributed by atoms with Crippen LogP contribution < -0.4 is 0 Å². The number of rotatable bonds is 6. The molecule has 162 valence electrons. The highest BCUT2D eigenvalue weighted by atomic mass is 19.1. The molecule has 1 aromatic carbocycles. The Balaban J connectivity index is 1.29. The van der Waals surface area contributed by atoms with E-state index in [1.165, 1.54) is 12.1 Å². The van der Waals surface area contributed by atoms with Gasteiger partial charge >= 0.3 is 0 Å². The molecule has 2 aliphatic heterocycles. The van der Waals surface area contributed by atoms with Crippen molar-refractivity contribution in [3.63, 3.8) is 0 Å². The maximum absolute atomic E-state index is 13.1. The number of benzene rings is 1. The molecule has 0 aromatic heterocycles. The molecule has 1 aliphatic carbocycles. The molecule has 1 saturated carbocycles. The van der Waals surface area contributed by atoms with E-state index in [2.05, 4.69) is 10.0 Å². The molecule has 1 N–H and O–H groups in total. The van der Waals surface area contributed by atoms with Crippen LogP contribution in [-0.4, -0.2) is 65.2 Å². The Kier molecular flexibility index (Phi) is 6.58. The van der Waals surface area contributed by atoms with E-state index in [1.807, 2.05) is 0 Å². The third-order valence-electron chi connectivity index (χ3n) is 6.84. The predicted octanol–water partition coefficient (Wildman–Crippen LogP) is 2.72. The van der Waals surface area contributed by atoms with Crippen LogP contribution in [0.1, 0.15) is 48.9 Å². The van der Waals surface area contributed by atoms with Crippen LogP contribution in [0.2, 0.25) is 0 Å². The molecule has 3 aliphatic rings. The molecule has 1 amide bonds. The molecular formula is C23H30FN3O3. The van der Waals surface area contributed by atoms with Crippen LogP contribution in [0, 0.1) is 23.6 Å². The fraction of sp³-hybridized carbons (Fsp3) is 0.609. The molecule has 2 unspecified atom stereocenters. The van der Waals surface area contributed by atoms with Crippen LogP contribution in [0.25, 0.3) is 0 Å². The van der Waals surface area contributed by atoms with E-state index in [-0.39, 0.29) is 41.9 Å². The number of amides is 1. The van der Waals surface area contributed by atoms with Crippen LogP contribution in [0.3, 0.4) is 0 Å². The zero-order valence-electron chi connectivity index (χ0n) is 17.3. The Hall–Kier alpha value is -2.12. The van der Waals surface area contributed by atoms with Crippen molar-refractivity contribution in [1.82, 2.24) is 9.91 Å². The second kappa shape index (κ2) is 9.35. The second-order valence-corrected chi connectivity index (χ2v) is 8.68. The summed E-state index contributed by atoms with van der Waals surface area (Å²) in [5.41, 5.74) is 1.64. The van der Waals surface area contributed by atoms with E-state index in [9.17, 15) is 19.1 Å². The minimum atomic E-state index is -0.350. The highest BCUT2D eigenvalue weighted by Crippen LogP contribution is 2.33. The lowest BCUT2D eigenvalue weighted by molar-refractivity contribution is -0.140. The van der Waals surface area contributed by atoms with E-state index >= 15 is 0 Å². The SMILES string of the molecule is O=C(c1ccc(F)cc1)C1CCN(CCN2N=C3CCCCC3C(CO)C2=O)CC1. The summed E-state index contributed by atoms with van der Waals surface area (Å²) in [5, 5.41) is 16.0. The zero-order chi connectivity index (χ0) is 21.1. The predicted molar refractivity (Wildman–Crippen MR) is 112 cm³/mol. The van der Waals surface area contributed by atoms with Gasteiger partial charge in [0.1, 0.15) is 5.82 Å². The fourth-order valence-electron chi connectivity index (χ4n) is 5.02. The first kappa shape index (κ1) is 21.1. The van der Waals surface area contributed by atoms with Gasteiger partial charge in [0, 0.05) is 29.7 Å². The van der Waals surface area contributed by atoms with Gasteiger partial charge in [0.05, 0.1) is 19.1 Å². The summed E-state index contributed by atoms with van der Waals surface area (Å²) in [7, 11) is 0. The molecule has 2 atom stereocenters. The van der Waals surface area contributed by atoms with E-state index in [4.69, 9.17) is 0 Å². The van der Waals surface area contributed by atoms with Gasteiger partial charge in [0.25, 0.3) is 0 Å². The number of nitrogens with zero attached hydrogens (tertiary/aromatic N) is 3. The standard InChI is InChI=1S/C23H30FN3O3/c24-18-7-5-16(6-8-18)22(29)17-9-11-26(12-10-17)13-14-27-23(30)20(15-28)19-3-1-2-4-21(19)25-27/h5-8,17,19-20,28H,1-4,9-15H2. The number of hydrogen-bond donors (Lipinski definition) is 1. The Morgan fingerprint density at radius 3 is 2.53 bits per heavy atom. The normalized spacial score (nSPS) is 25.7. The van der Waals surface area contributed by atoms with Crippen molar-refractivity contribution in [2.75, 3.05) is 32.8 Å². The summed E-state index contributed by atoms with van der Waals surface area (Å²) >= 11 is 0. The number of ketones is 1. The molecular weight excluding hydrogens is 385 g/mol. The quantitative estimate of drug-likeness (QED) is 0.725. The van der Waals surface area contributed by atoms with Crippen molar-refractivity contribution in [3.8, 4) is 0 Å². The molecule has 7 heteroatoms.